The average molecular weight is 230 g/mol. The van der Waals surface area contributed by atoms with Gasteiger partial charge in [-0.3, -0.25) is 4.79 Å². The fourth-order valence-electron chi connectivity index (χ4n) is 1.26. The third-order valence-corrected chi connectivity index (χ3v) is 2.74. The Bertz CT molecular complexity index is 232. The summed E-state index contributed by atoms with van der Waals surface area (Å²) in [6.07, 6.45) is 0. The molecule has 0 saturated carbocycles. The van der Waals surface area contributed by atoms with Crippen LogP contribution in [0.15, 0.2) is 0 Å². The highest BCUT2D eigenvalue weighted by Gasteiger charge is 2.33. The number of ether oxygens (including phenoxy) is 1. The van der Waals surface area contributed by atoms with Gasteiger partial charge in [0, 0.05) is 31.7 Å². The molecule has 0 aromatic heterocycles. The Balaban J connectivity index is 2.16. The van der Waals surface area contributed by atoms with Crippen LogP contribution in [0.5, 0.6) is 0 Å². The van der Waals surface area contributed by atoms with E-state index in [1.165, 1.54) is 0 Å². The lowest BCUT2D eigenvalue weighted by molar-refractivity contribution is -0.136. The molecule has 0 bridgehead atoms. The van der Waals surface area contributed by atoms with Crippen molar-refractivity contribution in [2.45, 2.75) is 26.4 Å². The fraction of sp³-hybridized carbons (Fsp3) is 0.909. The van der Waals surface area contributed by atoms with Gasteiger partial charge < -0.3 is 20.5 Å². The van der Waals surface area contributed by atoms with Crippen molar-refractivity contribution in [2.24, 2.45) is 5.41 Å². The van der Waals surface area contributed by atoms with E-state index in [1.54, 1.807) is 0 Å². The van der Waals surface area contributed by atoms with Crippen LogP contribution >= 0.6 is 0 Å². The van der Waals surface area contributed by atoms with Crippen molar-refractivity contribution in [3.05, 3.63) is 0 Å². The second-order valence-electron chi connectivity index (χ2n) is 5.44. The van der Waals surface area contributed by atoms with E-state index in [0.29, 0.717) is 6.54 Å². The zero-order valence-electron chi connectivity index (χ0n) is 10.3. The lowest BCUT2D eigenvalue weighted by Gasteiger charge is -2.38. The van der Waals surface area contributed by atoms with Crippen LogP contribution in [0.3, 0.4) is 0 Å². The third-order valence-electron chi connectivity index (χ3n) is 2.74. The number of hydrogen-bond acceptors (Lipinski definition) is 4. The predicted molar refractivity (Wildman–Crippen MR) is 61.1 cm³/mol. The molecular weight excluding hydrogens is 208 g/mol. The van der Waals surface area contributed by atoms with Crippen LogP contribution in [0, 0.1) is 5.41 Å². The molecule has 0 radical (unpaired) electrons. The van der Waals surface area contributed by atoms with Crippen LogP contribution in [-0.2, 0) is 9.53 Å². The summed E-state index contributed by atoms with van der Waals surface area (Å²) in [5.74, 6) is -0.130. The number of nitrogens with one attached hydrogen (secondary N) is 2. The van der Waals surface area contributed by atoms with Crippen LogP contribution in [0.1, 0.15) is 20.8 Å². The monoisotopic (exact) mass is 230 g/mol. The molecule has 0 atom stereocenters. The van der Waals surface area contributed by atoms with Gasteiger partial charge >= 0.3 is 0 Å². The molecule has 0 aromatic carbocycles. The SMILES string of the molecule is CC(C)(CO)CNC(=O)COC1(C)CNC1. The van der Waals surface area contributed by atoms with Crippen molar-refractivity contribution < 1.29 is 14.6 Å². The number of amides is 1. The minimum absolute atomic E-state index is 0.0514. The summed E-state index contributed by atoms with van der Waals surface area (Å²) in [7, 11) is 0. The molecule has 3 N–H and O–H groups in total. The molecule has 1 fully saturated rings. The van der Waals surface area contributed by atoms with E-state index < -0.39 is 0 Å². The van der Waals surface area contributed by atoms with Gasteiger partial charge in [0.25, 0.3) is 0 Å². The second-order valence-corrected chi connectivity index (χ2v) is 5.44. The molecule has 16 heavy (non-hydrogen) atoms. The fourth-order valence-corrected chi connectivity index (χ4v) is 1.26. The van der Waals surface area contributed by atoms with E-state index in [0.717, 1.165) is 13.1 Å². The van der Waals surface area contributed by atoms with Crippen LogP contribution in [0.25, 0.3) is 0 Å². The molecule has 5 heteroatoms. The Kier molecular flexibility index (Phi) is 4.29. The largest absolute Gasteiger partial charge is 0.396 e. The lowest BCUT2D eigenvalue weighted by atomic mass is 9.95. The number of hydrogen-bond donors (Lipinski definition) is 3. The van der Waals surface area contributed by atoms with Gasteiger partial charge in [0.1, 0.15) is 6.61 Å². The smallest absolute Gasteiger partial charge is 0.246 e. The Morgan fingerprint density at radius 1 is 1.56 bits per heavy atom. The van der Waals surface area contributed by atoms with E-state index in [9.17, 15) is 4.79 Å². The zero-order valence-corrected chi connectivity index (χ0v) is 10.3. The molecule has 94 valence electrons. The lowest BCUT2D eigenvalue weighted by Crippen LogP contribution is -2.59. The van der Waals surface area contributed by atoms with Crippen molar-refractivity contribution >= 4 is 5.91 Å². The third kappa shape index (κ3) is 4.08. The topological polar surface area (TPSA) is 70.6 Å². The highest BCUT2D eigenvalue weighted by atomic mass is 16.5. The summed E-state index contributed by atoms with van der Waals surface area (Å²) >= 11 is 0. The summed E-state index contributed by atoms with van der Waals surface area (Å²) in [4.78, 5) is 11.5. The van der Waals surface area contributed by atoms with Gasteiger partial charge in [-0.25, -0.2) is 0 Å². The minimum atomic E-state index is -0.280. The molecule has 1 saturated heterocycles. The van der Waals surface area contributed by atoms with Gasteiger partial charge in [0.2, 0.25) is 5.91 Å². The molecular formula is C11H22N2O3. The first-order valence-corrected chi connectivity index (χ1v) is 5.59. The molecule has 1 aliphatic rings. The number of carbonyl (C=O) groups is 1. The Morgan fingerprint density at radius 2 is 2.19 bits per heavy atom. The maximum Gasteiger partial charge on any atom is 0.246 e. The van der Waals surface area contributed by atoms with Gasteiger partial charge in [-0.05, 0) is 6.92 Å². The van der Waals surface area contributed by atoms with Crippen molar-refractivity contribution in [3.8, 4) is 0 Å². The van der Waals surface area contributed by atoms with E-state index in [1.807, 2.05) is 20.8 Å². The summed E-state index contributed by atoms with van der Waals surface area (Å²) < 4.78 is 5.49. The van der Waals surface area contributed by atoms with Gasteiger partial charge in [0.15, 0.2) is 0 Å². The molecule has 1 aliphatic heterocycles. The Labute approximate surface area is 96.6 Å². The summed E-state index contributed by atoms with van der Waals surface area (Å²) in [6, 6.07) is 0. The summed E-state index contributed by atoms with van der Waals surface area (Å²) in [5.41, 5.74) is -0.471. The van der Waals surface area contributed by atoms with Gasteiger partial charge in [0.05, 0.1) is 5.60 Å². The molecule has 0 aromatic rings. The van der Waals surface area contributed by atoms with Crippen LogP contribution in [0.2, 0.25) is 0 Å². The molecule has 1 amide bonds. The number of rotatable bonds is 6. The maximum absolute atomic E-state index is 11.5. The second kappa shape index (κ2) is 5.12. The predicted octanol–water partition coefficient (Wildman–Crippen LogP) is -0.500. The zero-order chi connectivity index (χ0) is 12.2. The van der Waals surface area contributed by atoms with E-state index >= 15 is 0 Å². The summed E-state index contributed by atoms with van der Waals surface area (Å²) in [6.45, 7) is 7.95. The molecule has 0 spiro atoms. The van der Waals surface area contributed by atoms with Crippen molar-refractivity contribution in [3.63, 3.8) is 0 Å². The average Bonchev–Trinajstić information content (AvgIpc) is 2.21. The van der Waals surface area contributed by atoms with Crippen molar-refractivity contribution in [2.75, 3.05) is 32.8 Å². The van der Waals surface area contributed by atoms with Crippen molar-refractivity contribution in [1.29, 1.82) is 0 Å². The Morgan fingerprint density at radius 3 is 2.62 bits per heavy atom. The van der Waals surface area contributed by atoms with Crippen LogP contribution < -0.4 is 10.6 Å². The quantitative estimate of drug-likeness (QED) is 0.575. The van der Waals surface area contributed by atoms with E-state index in [-0.39, 0.29) is 30.1 Å². The van der Waals surface area contributed by atoms with Crippen LogP contribution in [0.4, 0.5) is 0 Å². The standard InChI is InChI=1S/C11H22N2O3/c1-10(2,8-14)5-13-9(15)4-16-11(3)6-12-7-11/h12,14H,4-8H2,1-3H3,(H,13,15). The van der Waals surface area contributed by atoms with Gasteiger partial charge in [-0.1, -0.05) is 13.8 Å². The van der Waals surface area contributed by atoms with Gasteiger partial charge in [-0.15, -0.1) is 0 Å². The molecule has 0 unspecified atom stereocenters. The highest BCUT2D eigenvalue weighted by Crippen LogP contribution is 2.15. The molecule has 1 heterocycles. The van der Waals surface area contributed by atoms with Crippen LogP contribution in [-0.4, -0.2) is 49.5 Å². The normalized spacial score (nSPS) is 19.0. The highest BCUT2D eigenvalue weighted by molar-refractivity contribution is 5.77. The minimum Gasteiger partial charge on any atom is -0.396 e. The Hall–Kier alpha value is -0.650. The molecule has 5 nitrogen and oxygen atoms in total. The number of carbonyl (C=O) groups excluding carboxylic acids is 1. The first-order valence-electron chi connectivity index (χ1n) is 5.59. The first-order chi connectivity index (χ1) is 7.37. The first kappa shape index (κ1) is 13.4. The van der Waals surface area contributed by atoms with Crippen molar-refractivity contribution in [1.82, 2.24) is 10.6 Å². The van der Waals surface area contributed by atoms with Gasteiger partial charge in [-0.2, -0.15) is 0 Å². The van der Waals surface area contributed by atoms with E-state index in [2.05, 4.69) is 10.6 Å². The number of aliphatic hydroxyl groups is 1. The summed E-state index contributed by atoms with van der Waals surface area (Å²) in [5, 5.41) is 14.9. The number of aliphatic hydroxyl groups excluding tert-OH is 1. The molecule has 0 aliphatic carbocycles. The maximum atomic E-state index is 11.5. The molecule has 1 rings (SSSR count). The van der Waals surface area contributed by atoms with E-state index in [4.69, 9.17) is 9.84 Å².